The average molecular weight is 241 g/mol. The van der Waals surface area contributed by atoms with Crippen LogP contribution >= 0.6 is 0 Å². The summed E-state index contributed by atoms with van der Waals surface area (Å²) >= 11 is 0. The van der Waals surface area contributed by atoms with Crippen LogP contribution in [0.1, 0.15) is 27.2 Å². The molecule has 1 aliphatic rings. The minimum absolute atomic E-state index is 0.0316. The van der Waals surface area contributed by atoms with Crippen LogP contribution in [0.25, 0.3) is 0 Å². The number of nitrogens with zero attached hydrogens (tertiary/aromatic N) is 2. The SMILES string of the molecule is CCN1CC(C)(C)CN(C)C(CCNC)C1=O. The summed E-state index contributed by atoms with van der Waals surface area (Å²) in [7, 11) is 4.00. The fourth-order valence-electron chi connectivity index (χ4n) is 2.72. The molecular formula is C13H27N3O. The van der Waals surface area contributed by atoms with Gasteiger partial charge in [0.25, 0.3) is 0 Å². The molecule has 0 aliphatic carbocycles. The largest absolute Gasteiger partial charge is 0.341 e. The van der Waals surface area contributed by atoms with E-state index < -0.39 is 0 Å². The van der Waals surface area contributed by atoms with Crippen molar-refractivity contribution in [3.8, 4) is 0 Å². The Bertz CT molecular complexity index is 265. The van der Waals surface area contributed by atoms with Crippen LogP contribution in [0.4, 0.5) is 0 Å². The van der Waals surface area contributed by atoms with Crippen molar-refractivity contribution in [2.45, 2.75) is 33.2 Å². The monoisotopic (exact) mass is 241 g/mol. The number of nitrogens with one attached hydrogen (secondary N) is 1. The van der Waals surface area contributed by atoms with Gasteiger partial charge in [-0.25, -0.2) is 0 Å². The van der Waals surface area contributed by atoms with E-state index in [9.17, 15) is 4.79 Å². The molecule has 0 aromatic rings. The summed E-state index contributed by atoms with van der Waals surface area (Å²) in [5.41, 5.74) is 0.175. The Balaban J connectivity index is 2.84. The molecule has 1 N–H and O–H groups in total. The Kier molecular flexibility index (Phi) is 4.95. The van der Waals surface area contributed by atoms with Gasteiger partial charge in [-0.15, -0.1) is 0 Å². The van der Waals surface area contributed by atoms with Crippen molar-refractivity contribution in [3.63, 3.8) is 0 Å². The number of carbonyl (C=O) groups is 1. The number of likely N-dealkylation sites (N-methyl/N-ethyl adjacent to an activating group) is 2. The van der Waals surface area contributed by atoms with Gasteiger partial charge in [0, 0.05) is 19.6 Å². The molecule has 100 valence electrons. The van der Waals surface area contributed by atoms with Crippen molar-refractivity contribution in [1.82, 2.24) is 15.1 Å². The molecule has 1 unspecified atom stereocenters. The quantitative estimate of drug-likeness (QED) is 0.790. The van der Waals surface area contributed by atoms with Crippen LogP contribution in [0.2, 0.25) is 0 Å². The topological polar surface area (TPSA) is 35.6 Å². The third-order valence-electron chi connectivity index (χ3n) is 3.47. The van der Waals surface area contributed by atoms with Crippen LogP contribution in [0.3, 0.4) is 0 Å². The van der Waals surface area contributed by atoms with Gasteiger partial charge < -0.3 is 10.2 Å². The van der Waals surface area contributed by atoms with Crippen molar-refractivity contribution in [3.05, 3.63) is 0 Å². The first kappa shape index (κ1) is 14.5. The summed E-state index contributed by atoms with van der Waals surface area (Å²) in [6.45, 7) is 10.1. The van der Waals surface area contributed by atoms with E-state index in [1.165, 1.54) is 0 Å². The first-order chi connectivity index (χ1) is 7.91. The fourth-order valence-corrected chi connectivity index (χ4v) is 2.72. The maximum atomic E-state index is 12.4. The molecular weight excluding hydrogens is 214 g/mol. The lowest BCUT2D eigenvalue weighted by atomic mass is 9.92. The van der Waals surface area contributed by atoms with Crippen LogP contribution in [0.5, 0.6) is 0 Å². The fraction of sp³-hybridized carbons (Fsp3) is 0.923. The zero-order valence-electron chi connectivity index (χ0n) is 11.9. The smallest absolute Gasteiger partial charge is 0.239 e. The Morgan fingerprint density at radius 2 is 2.06 bits per heavy atom. The summed E-state index contributed by atoms with van der Waals surface area (Å²) in [5.74, 6) is 0.288. The summed E-state index contributed by atoms with van der Waals surface area (Å²) in [5, 5.41) is 3.13. The highest BCUT2D eigenvalue weighted by Crippen LogP contribution is 2.25. The van der Waals surface area contributed by atoms with Gasteiger partial charge in [0.05, 0.1) is 6.04 Å². The molecule has 0 saturated carbocycles. The van der Waals surface area contributed by atoms with Gasteiger partial charge in [-0.05, 0) is 39.4 Å². The van der Waals surface area contributed by atoms with Gasteiger partial charge in [0.1, 0.15) is 0 Å². The van der Waals surface area contributed by atoms with Crippen LogP contribution in [0, 0.1) is 5.41 Å². The van der Waals surface area contributed by atoms with E-state index >= 15 is 0 Å². The van der Waals surface area contributed by atoms with E-state index in [4.69, 9.17) is 0 Å². The van der Waals surface area contributed by atoms with E-state index in [0.717, 1.165) is 32.6 Å². The molecule has 1 fully saturated rings. The Hall–Kier alpha value is -0.610. The van der Waals surface area contributed by atoms with Gasteiger partial charge in [0.15, 0.2) is 0 Å². The Morgan fingerprint density at radius 1 is 1.41 bits per heavy atom. The highest BCUT2D eigenvalue weighted by atomic mass is 16.2. The summed E-state index contributed by atoms with van der Waals surface area (Å²) in [6.07, 6.45) is 0.887. The zero-order chi connectivity index (χ0) is 13.1. The molecule has 4 heteroatoms. The minimum atomic E-state index is 0.0316. The molecule has 17 heavy (non-hydrogen) atoms. The molecule has 4 nitrogen and oxygen atoms in total. The molecule has 0 aromatic heterocycles. The number of amides is 1. The van der Waals surface area contributed by atoms with E-state index in [0.29, 0.717) is 0 Å². The summed E-state index contributed by atoms with van der Waals surface area (Å²) in [4.78, 5) is 16.7. The molecule has 0 bridgehead atoms. The molecule has 1 amide bonds. The van der Waals surface area contributed by atoms with Crippen molar-refractivity contribution in [1.29, 1.82) is 0 Å². The molecule has 1 atom stereocenters. The van der Waals surface area contributed by atoms with Gasteiger partial charge in [-0.2, -0.15) is 0 Å². The predicted molar refractivity (Wildman–Crippen MR) is 71.0 cm³/mol. The van der Waals surface area contributed by atoms with Crippen molar-refractivity contribution < 1.29 is 4.79 Å². The van der Waals surface area contributed by atoms with Crippen molar-refractivity contribution in [2.24, 2.45) is 5.41 Å². The van der Waals surface area contributed by atoms with Crippen molar-refractivity contribution in [2.75, 3.05) is 40.3 Å². The highest BCUT2D eigenvalue weighted by Gasteiger charge is 2.36. The van der Waals surface area contributed by atoms with E-state index in [2.05, 4.69) is 38.0 Å². The Labute approximate surface area is 105 Å². The third-order valence-corrected chi connectivity index (χ3v) is 3.47. The van der Waals surface area contributed by atoms with Gasteiger partial charge >= 0.3 is 0 Å². The lowest BCUT2D eigenvalue weighted by molar-refractivity contribution is -0.135. The first-order valence-corrected chi connectivity index (χ1v) is 6.55. The Morgan fingerprint density at radius 3 is 2.59 bits per heavy atom. The zero-order valence-corrected chi connectivity index (χ0v) is 11.9. The average Bonchev–Trinajstić information content (AvgIpc) is 2.32. The second-order valence-electron chi connectivity index (χ2n) is 5.84. The van der Waals surface area contributed by atoms with E-state index in [1.807, 2.05) is 11.9 Å². The molecule has 1 rings (SSSR count). The standard InChI is InChI=1S/C13H27N3O/c1-6-16-10-13(2,3)9-15(5)11(12(16)17)7-8-14-4/h11,14H,6-10H2,1-5H3. The second-order valence-corrected chi connectivity index (χ2v) is 5.84. The van der Waals surface area contributed by atoms with Crippen LogP contribution in [-0.2, 0) is 4.79 Å². The maximum Gasteiger partial charge on any atom is 0.239 e. The number of rotatable bonds is 4. The minimum Gasteiger partial charge on any atom is -0.341 e. The second kappa shape index (κ2) is 5.83. The maximum absolute atomic E-state index is 12.4. The van der Waals surface area contributed by atoms with Crippen LogP contribution in [-0.4, -0.2) is 62.0 Å². The lowest BCUT2D eigenvalue weighted by Gasteiger charge is -2.29. The molecule has 0 aromatic carbocycles. The highest BCUT2D eigenvalue weighted by molar-refractivity contribution is 5.82. The number of carbonyl (C=O) groups excluding carboxylic acids is 1. The van der Waals surface area contributed by atoms with E-state index in [1.54, 1.807) is 0 Å². The van der Waals surface area contributed by atoms with Crippen molar-refractivity contribution >= 4 is 5.91 Å². The summed E-state index contributed by atoms with van der Waals surface area (Å²) < 4.78 is 0. The predicted octanol–water partition coefficient (Wildman–Crippen LogP) is 0.785. The molecule has 1 heterocycles. The third kappa shape index (κ3) is 3.68. The summed E-state index contributed by atoms with van der Waals surface area (Å²) in [6, 6.07) is 0.0316. The molecule has 1 saturated heterocycles. The van der Waals surface area contributed by atoms with Gasteiger partial charge in [-0.1, -0.05) is 13.8 Å². The molecule has 0 spiro atoms. The van der Waals surface area contributed by atoms with Crippen LogP contribution < -0.4 is 5.32 Å². The van der Waals surface area contributed by atoms with E-state index in [-0.39, 0.29) is 17.4 Å². The van der Waals surface area contributed by atoms with Gasteiger partial charge in [0.2, 0.25) is 5.91 Å². The molecule has 1 aliphatic heterocycles. The lowest BCUT2D eigenvalue weighted by Crippen LogP contribution is -2.45. The van der Waals surface area contributed by atoms with Crippen LogP contribution in [0.15, 0.2) is 0 Å². The normalized spacial score (nSPS) is 26.1. The number of hydrogen-bond donors (Lipinski definition) is 1. The first-order valence-electron chi connectivity index (χ1n) is 6.55. The number of hydrogen-bond acceptors (Lipinski definition) is 3. The molecule has 0 radical (unpaired) electrons. The van der Waals surface area contributed by atoms with Gasteiger partial charge in [-0.3, -0.25) is 9.69 Å².